The topological polar surface area (TPSA) is 4.93 Å². The lowest BCUT2D eigenvalue weighted by Gasteiger charge is -2.06. The molecule has 0 spiro atoms. The third-order valence-electron chi connectivity index (χ3n) is 3.49. The second kappa shape index (κ2) is 3.13. The van der Waals surface area contributed by atoms with Crippen molar-refractivity contribution in [3.8, 4) is 0 Å². The molecule has 15 heavy (non-hydrogen) atoms. The van der Waals surface area contributed by atoms with Crippen molar-refractivity contribution in [3.63, 3.8) is 0 Å². The van der Waals surface area contributed by atoms with Gasteiger partial charge in [0.1, 0.15) is 0 Å². The van der Waals surface area contributed by atoms with E-state index in [1.807, 2.05) is 0 Å². The highest BCUT2D eigenvalue weighted by Crippen LogP contribution is 2.28. The number of rotatable bonds is 1. The maximum absolute atomic E-state index is 2.47. The van der Waals surface area contributed by atoms with Crippen LogP contribution in [0.4, 0.5) is 0 Å². The van der Waals surface area contributed by atoms with E-state index in [1.165, 1.54) is 41.5 Å². The van der Waals surface area contributed by atoms with Gasteiger partial charge in [-0.1, -0.05) is 19.9 Å². The SMILES string of the molecule is CC(C)c1ccc2c(c1)cc1n2CCC1. The van der Waals surface area contributed by atoms with Crippen molar-refractivity contribution in [1.82, 2.24) is 4.57 Å². The van der Waals surface area contributed by atoms with E-state index in [2.05, 4.69) is 42.7 Å². The Bertz CT molecular complexity index is 505. The van der Waals surface area contributed by atoms with Crippen LogP contribution >= 0.6 is 0 Å². The minimum atomic E-state index is 0.629. The molecule has 1 heteroatoms. The second-order valence-corrected chi connectivity index (χ2v) is 4.86. The number of aromatic nitrogens is 1. The van der Waals surface area contributed by atoms with E-state index in [0.717, 1.165) is 0 Å². The van der Waals surface area contributed by atoms with Crippen LogP contribution in [-0.4, -0.2) is 4.57 Å². The van der Waals surface area contributed by atoms with Gasteiger partial charge in [-0.3, -0.25) is 0 Å². The Morgan fingerprint density at radius 2 is 2.07 bits per heavy atom. The van der Waals surface area contributed by atoms with Crippen LogP contribution in [0.2, 0.25) is 0 Å². The molecule has 1 aliphatic rings. The molecule has 0 saturated heterocycles. The summed E-state index contributed by atoms with van der Waals surface area (Å²) in [5.41, 5.74) is 4.39. The Labute approximate surface area is 90.7 Å². The van der Waals surface area contributed by atoms with E-state index in [-0.39, 0.29) is 0 Å². The summed E-state index contributed by atoms with van der Waals surface area (Å²) < 4.78 is 2.47. The number of nitrogens with zero attached hydrogens (tertiary/aromatic N) is 1. The van der Waals surface area contributed by atoms with Crippen LogP contribution in [0.3, 0.4) is 0 Å². The minimum Gasteiger partial charge on any atom is -0.345 e. The summed E-state index contributed by atoms with van der Waals surface area (Å²) in [5, 5.41) is 1.43. The fourth-order valence-electron chi connectivity index (χ4n) is 2.60. The maximum Gasteiger partial charge on any atom is 0.0482 e. The van der Waals surface area contributed by atoms with Crippen molar-refractivity contribution in [3.05, 3.63) is 35.5 Å². The van der Waals surface area contributed by atoms with E-state index in [9.17, 15) is 0 Å². The molecule has 0 unspecified atom stereocenters. The van der Waals surface area contributed by atoms with Crippen molar-refractivity contribution in [2.24, 2.45) is 0 Å². The number of aryl methyl sites for hydroxylation is 2. The molecule has 1 aromatic carbocycles. The fourth-order valence-corrected chi connectivity index (χ4v) is 2.60. The molecule has 2 aromatic rings. The number of hydrogen-bond donors (Lipinski definition) is 0. The Morgan fingerprint density at radius 3 is 2.87 bits per heavy atom. The third-order valence-corrected chi connectivity index (χ3v) is 3.49. The first-order valence-corrected chi connectivity index (χ1v) is 5.88. The molecule has 0 fully saturated rings. The minimum absolute atomic E-state index is 0.629. The van der Waals surface area contributed by atoms with Gasteiger partial charge in [0.25, 0.3) is 0 Å². The van der Waals surface area contributed by atoms with E-state index in [0.29, 0.717) is 5.92 Å². The van der Waals surface area contributed by atoms with Crippen molar-refractivity contribution < 1.29 is 0 Å². The first kappa shape index (κ1) is 9.02. The molecule has 0 N–H and O–H groups in total. The van der Waals surface area contributed by atoms with Gasteiger partial charge in [-0.25, -0.2) is 0 Å². The quantitative estimate of drug-likeness (QED) is 0.659. The molecule has 0 bridgehead atoms. The van der Waals surface area contributed by atoms with Crippen LogP contribution in [-0.2, 0) is 13.0 Å². The van der Waals surface area contributed by atoms with Crippen molar-refractivity contribution in [2.75, 3.05) is 0 Å². The van der Waals surface area contributed by atoms with Gasteiger partial charge in [-0.05, 0) is 42.5 Å². The van der Waals surface area contributed by atoms with Gasteiger partial charge in [-0.2, -0.15) is 0 Å². The van der Waals surface area contributed by atoms with Gasteiger partial charge in [0, 0.05) is 23.1 Å². The molecule has 0 aliphatic carbocycles. The molecule has 0 atom stereocenters. The molecular formula is C14H17N. The molecule has 1 nitrogen and oxygen atoms in total. The Balaban J connectivity index is 2.22. The number of benzene rings is 1. The van der Waals surface area contributed by atoms with E-state index in [1.54, 1.807) is 0 Å². The first-order chi connectivity index (χ1) is 7.25. The second-order valence-electron chi connectivity index (χ2n) is 4.86. The molecule has 0 saturated carbocycles. The van der Waals surface area contributed by atoms with E-state index < -0.39 is 0 Å². The zero-order valence-electron chi connectivity index (χ0n) is 9.46. The van der Waals surface area contributed by atoms with Gasteiger partial charge in [0.2, 0.25) is 0 Å². The third kappa shape index (κ3) is 1.30. The van der Waals surface area contributed by atoms with E-state index >= 15 is 0 Å². The lowest BCUT2D eigenvalue weighted by atomic mass is 10.0. The molecule has 3 rings (SSSR count). The molecular weight excluding hydrogens is 182 g/mol. The zero-order chi connectivity index (χ0) is 10.4. The van der Waals surface area contributed by atoms with Crippen LogP contribution in [0.5, 0.6) is 0 Å². The Hall–Kier alpha value is -1.24. The average molecular weight is 199 g/mol. The van der Waals surface area contributed by atoms with Crippen molar-refractivity contribution in [2.45, 2.75) is 39.2 Å². The molecule has 0 amide bonds. The summed E-state index contributed by atoms with van der Waals surface area (Å²) in [7, 11) is 0. The largest absolute Gasteiger partial charge is 0.345 e. The summed E-state index contributed by atoms with van der Waals surface area (Å²) in [6.45, 7) is 5.72. The highest BCUT2D eigenvalue weighted by Gasteiger charge is 2.14. The molecule has 1 aliphatic heterocycles. The van der Waals surface area contributed by atoms with Gasteiger partial charge < -0.3 is 4.57 Å². The fraction of sp³-hybridized carbons (Fsp3) is 0.429. The van der Waals surface area contributed by atoms with E-state index in [4.69, 9.17) is 0 Å². The lowest BCUT2D eigenvalue weighted by molar-refractivity contribution is 0.772. The average Bonchev–Trinajstić information content (AvgIpc) is 2.75. The summed E-state index contributed by atoms with van der Waals surface area (Å²) >= 11 is 0. The molecule has 78 valence electrons. The highest BCUT2D eigenvalue weighted by atomic mass is 15.0. The lowest BCUT2D eigenvalue weighted by Crippen LogP contribution is -1.91. The summed E-state index contributed by atoms with van der Waals surface area (Å²) in [5.74, 6) is 0.629. The van der Waals surface area contributed by atoms with Crippen molar-refractivity contribution in [1.29, 1.82) is 0 Å². The smallest absolute Gasteiger partial charge is 0.0482 e. The van der Waals surface area contributed by atoms with Crippen LogP contribution in [0.1, 0.15) is 37.4 Å². The van der Waals surface area contributed by atoms with Crippen LogP contribution in [0.15, 0.2) is 24.3 Å². The van der Waals surface area contributed by atoms with Crippen LogP contribution in [0, 0.1) is 0 Å². The standard InChI is InChI=1S/C14H17N/c1-10(2)11-5-6-14-12(8-11)9-13-4-3-7-15(13)14/h5-6,8-10H,3-4,7H2,1-2H3. The van der Waals surface area contributed by atoms with Gasteiger partial charge in [-0.15, -0.1) is 0 Å². The highest BCUT2D eigenvalue weighted by molar-refractivity contribution is 5.82. The Kier molecular flexibility index (Phi) is 1.88. The first-order valence-electron chi connectivity index (χ1n) is 5.88. The number of hydrogen-bond acceptors (Lipinski definition) is 0. The predicted octanol–water partition coefficient (Wildman–Crippen LogP) is 3.71. The molecule has 2 heterocycles. The van der Waals surface area contributed by atoms with Gasteiger partial charge in [0.15, 0.2) is 0 Å². The van der Waals surface area contributed by atoms with Crippen LogP contribution < -0.4 is 0 Å². The monoisotopic (exact) mass is 199 g/mol. The maximum atomic E-state index is 2.47. The summed E-state index contributed by atoms with van der Waals surface area (Å²) in [6.07, 6.45) is 2.57. The predicted molar refractivity (Wildman–Crippen MR) is 64.3 cm³/mol. The Morgan fingerprint density at radius 1 is 1.20 bits per heavy atom. The molecule has 0 radical (unpaired) electrons. The summed E-state index contributed by atoms with van der Waals surface area (Å²) in [6, 6.07) is 9.29. The number of fused-ring (bicyclic) bond motifs is 3. The van der Waals surface area contributed by atoms with Crippen molar-refractivity contribution >= 4 is 10.9 Å². The van der Waals surface area contributed by atoms with Crippen LogP contribution in [0.25, 0.3) is 10.9 Å². The normalized spacial score (nSPS) is 15.1. The molecule has 1 aromatic heterocycles. The summed E-state index contributed by atoms with van der Waals surface area (Å²) in [4.78, 5) is 0. The van der Waals surface area contributed by atoms with Gasteiger partial charge >= 0.3 is 0 Å². The zero-order valence-corrected chi connectivity index (χ0v) is 9.46. The van der Waals surface area contributed by atoms with Gasteiger partial charge in [0.05, 0.1) is 0 Å².